The minimum atomic E-state index is 0.532. The molecule has 84 valence electrons. The highest BCUT2D eigenvalue weighted by Crippen LogP contribution is 2.24. The molecule has 1 aromatic carbocycles. The predicted molar refractivity (Wildman–Crippen MR) is 66.3 cm³/mol. The molecule has 0 aliphatic rings. The molecule has 5 heteroatoms. The van der Waals surface area contributed by atoms with E-state index in [0.717, 1.165) is 17.9 Å². The Morgan fingerprint density at radius 1 is 1.25 bits per heavy atom. The molecule has 0 unspecified atom stereocenters. The normalized spacial score (nSPS) is 10.7. The van der Waals surface area contributed by atoms with Crippen molar-refractivity contribution < 1.29 is 0 Å². The van der Waals surface area contributed by atoms with Gasteiger partial charge in [-0.3, -0.25) is 0 Å². The molecule has 0 saturated carbocycles. The van der Waals surface area contributed by atoms with Crippen LogP contribution in [0.2, 0.25) is 10.0 Å². The zero-order valence-corrected chi connectivity index (χ0v) is 10.3. The van der Waals surface area contributed by atoms with Crippen LogP contribution in [-0.2, 0) is 6.54 Å². The highest BCUT2D eigenvalue weighted by Gasteiger charge is 2.03. The number of aromatic nitrogens is 2. The molecule has 0 aliphatic heterocycles. The van der Waals surface area contributed by atoms with Crippen LogP contribution >= 0.6 is 23.2 Å². The minimum absolute atomic E-state index is 0.532. The molecule has 3 nitrogen and oxygen atoms in total. The Kier molecular flexibility index (Phi) is 3.49. The van der Waals surface area contributed by atoms with Crippen molar-refractivity contribution in [2.45, 2.75) is 6.54 Å². The first-order valence-electron chi connectivity index (χ1n) is 4.85. The smallest absolute Gasteiger partial charge is 0.0766 e. The first kappa shape index (κ1) is 11.5. The molecule has 0 saturated heterocycles. The second-order valence-corrected chi connectivity index (χ2v) is 4.19. The van der Waals surface area contributed by atoms with Gasteiger partial charge in [0.05, 0.1) is 21.4 Å². The topological polar surface area (TPSA) is 29.9 Å². The molecule has 0 atom stereocenters. The number of nitrogens with zero attached hydrogens (tertiary/aromatic N) is 2. The maximum Gasteiger partial charge on any atom is 0.0766 e. The van der Waals surface area contributed by atoms with Crippen LogP contribution in [0.1, 0.15) is 5.69 Å². The Hall–Kier alpha value is -1.03. The molecule has 2 aromatic rings. The van der Waals surface area contributed by atoms with E-state index < -0.39 is 0 Å². The van der Waals surface area contributed by atoms with E-state index in [1.165, 1.54) is 0 Å². The zero-order chi connectivity index (χ0) is 11.5. The van der Waals surface area contributed by atoms with E-state index in [-0.39, 0.29) is 0 Å². The largest absolute Gasteiger partial charge is 0.314 e. The number of benzene rings is 1. The van der Waals surface area contributed by atoms with Crippen molar-refractivity contribution in [3.05, 3.63) is 46.2 Å². The quantitative estimate of drug-likeness (QED) is 0.915. The molecule has 1 aromatic heterocycles. The van der Waals surface area contributed by atoms with Gasteiger partial charge in [0.2, 0.25) is 0 Å². The zero-order valence-electron chi connectivity index (χ0n) is 8.74. The Balaban J connectivity index is 2.31. The first-order valence-corrected chi connectivity index (χ1v) is 5.61. The predicted octanol–water partition coefficient (Wildman–Crippen LogP) is 2.90. The van der Waals surface area contributed by atoms with Gasteiger partial charge in [-0.2, -0.15) is 5.10 Å². The van der Waals surface area contributed by atoms with Crippen molar-refractivity contribution in [1.29, 1.82) is 0 Å². The second kappa shape index (κ2) is 4.87. The Bertz CT molecular complexity index is 494. The summed E-state index contributed by atoms with van der Waals surface area (Å²) in [6.07, 6.45) is 1.90. The molecule has 16 heavy (non-hydrogen) atoms. The van der Waals surface area contributed by atoms with Crippen molar-refractivity contribution in [3.63, 3.8) is 0 Å². The molecule has 1 heterocycles. The lowest BCUT2D eigenvalue weighted by Crippen LogP contribution is -2.06. The lowest BCUT2D eigenvalue weighted by atomic mass is 10.3. The SMILES string of the molecule is CNCc1ccn(-c2ccc(Cl)c(Cl)c2)n1. The number of hydrogen-bond acceptors (Lipinski definition) is 2. The van der Waals surface area contributed by atoms with Gasteiger partial charge in [-0.05, 0) is 31.3 Å². The second-order valence-electron chi connectivity index (χ2n) is 3.38. The van der Waals surface area contributed by atoms with E-state index in [0.29, 0.717) is 10.0 Å². The van der Waals surface area contributed by atoms with Crippen molar-refractivity contribution >= 4 is 23.2 Å². The van der Waals surface area contributed by atoms with Gasteiger partial charge in [0.25, 0.3) is 0 Å². The van der Waals surface area contributed by atoms with Gasteiger partial charge >= 0.3 is 0 Å². The third kappa shape index (κ3) is 2.38. The van der Waals surface area contributed by atoms with Crippen LogP contribution in [0.4, 0.5) is 0 Å². The van der Waals surface area contributed by atoms with Gasteiger partial charge in [-0.15, -0.1) is 0 Å². The number of nitrogens with one attached hydrogen (secondary N) is 1. The number of hydrogen-bond donors (Lipinski definition) is 1. The lowest BCUT2D eigenvalue weighted by molar-refractivity contribution is 0.757. The summed E-state index contributed by atoms with van der Waals surface area (Å²) < 4.78 is 1.77. The molecule has 0 fully saturated rings. The average molecular weight is 256 g/mol. The van der Waals surface area contributed by atoms with Crippen molar-refractivity contribution in [2.75, 3.05) is 7.05 Å². The summed E-state index contributed by atoms with van der Waals surface area (Å²) in [5, 5.41) is 8.52. The van der Waals surface area contributed by atoms with Crippen LogP contribution in [-0.4, -0.2) is 16.8 Å². The van der Waals surface area contributed by atoms with E-state index >= 15 is 0 Å². The fraction of sp³-hybridized carbons (Fsp3) is 0.182. The molecule has 0 amide bonds. The summed E-state index contributed by atoms with van der Waals surface area (Å²) in [6, 6.07) is 7.39. The standard InChI is InChI=1S/C11H11Cl2N3/c1-14-7-8-4-5-16(15-8)9-2-3-10(12)11(13)6-9/h2-6,14H,7H2,1H3. The summed E-state index contributed by atoms with van der Waals surface area (Å²) in [4.78, 5) is 0. The molecular weight excluding hydrogens is 245 g/mol. The minimum Gasteiger partial charge on any atom is -0.314 e. The molecule has 0 radical (unpaired) electrons. The van der Waals surface area contributed by atoms with Gasteiger partial charge in [0.1, 0.15) is 0 Å². The Morgan fingerprint density at radius 3 is 2.75 bits per heavy atom. The summed E-state index contributed by atoms with van der Waals surface area (Å²) in [5.41, 5.74) is 1.88. The maximum atomic E-state index is 5.95. The Labute approximate surface area is 104 Å². The van der Waals surface area contributed by atoms with E-state index in [4.69, 9.17) is 23.2 Å². The van der Waals surface area contributed by atoms with Crippen molar-refractivity contribution in [2.24, 2.45) is 0 Å². The van der Waals surface area contributed by atoms with Crippen molar-refractivity contribution in [1.82, 2.24) is 15.1 Å². The summed E-state index contributed by atoms with van der Waals surface area (Å²) in [5.74, 6) is 0. The summed E-state index contributed by atoms with van der Waals surface area (Å²) in [7, 11) is 1.89. The monoisotopic (exact) mass is 255 g/mol. The van der Waals surface area contributed by atoms with Gasteiger partial charge in [-0.25, -0.2) is 4.68 Å². The van der Waals surface area contributed by atoms with Gasteiger partial charge in [0, 0.05) is 12.7 Å². The highest BCUT2D eigenvalue weighted by atomic mass is 35.5. The number of halogens is 2. The summed E-state index contributed by atoms with van der Waals surface area (Å²) >= 11 is 11.8. The van der Waals surface area contributed by atoms with Crippen molar-refractivity contribution in [3.8, 4) is 5.69 Å². The van der Waals surface area contributed by atoms with Crippen LogP contribution in [0.15, 0.2) is 30.5 Å². The maximum absolute atomic E-state index is 5.95. The summed E-state index contributed by atoms with van der Waals surface area (Å²) in [6.45, 7) is 0.744. The highest BCUT2D eigenvalue weighted by molar-refractivity contribution is 6.42. The molecule has 0 aliphatic carbocycles. The van der Waals surface area contributed by atoms with E-state index in [9.17, 15) is 0 Å². The molecule has 0 spiro atoms. The van der Waals surface area contributed by atoms with E-state index in [2.05, 4.69) is 10.4 Å². The third-order valence-corrected chi connectivity index (χ3v) is 2.91. The molecular formula is C11H11Cl2N3. The lowest BCUT2D eigenvalue weighted by Gasteiger charge is -2.03. The van der Waals surface area contributed by atoms with E-state index in [1.54, 1.807) is 16.8 Å². The van der Waals surface area contributed by atoms with Crippen LogP contribution in [0.3, 0.4) is 0 Å². The first-order chi connectivity index (χ1) is 7.70. The van der Waals surface area contributed by atoms with Crippen LogP contribution < -0.4 is 5.32 Å². The number of rotatable bonds is 3. The van der Waals surface area contributed by atoms with Crippen LogP contribution in [0.5, 0.6) is 0 Å². The van der Waals surface area contributed by atoms with Gasteiger partial charge in [0.15, 0.2) is 0 Å². The van der Waals surface area contributed by atoms with E-state index in [1.807, 2.05) is 25.4 Å². The Morgan fingerprint density at radius 2 is 2.06 bits per heavy atom. The van der Waals surface area contributed by atoms with Crippen LogP contribution in [0.25, 0.3) is 5.69 Å². The molecule has 0 bridgehead atoms. The fourth-order valence-electron chi connectivity index (χ4n) is 1.41. The average Bonchev–Trinajstić information content (AvgIpc) is 2.71. The van der Waals surface area contributed by atoms with Gasteiger partial charge < -0.3 is 5.32 Å². The fourth-order valence-corrected chi connectivity index (χ4v) is 1.70. The van der Waals surface area contributed by atoms with Crippen LogP contribution in [0, 0.1) is 0 Å². The third-order valence-electron chi connectivity index (χ3n) is 2.17. The molecule has 2 rings (SSSR count). The molecule has 1 N–H and O–H groups in total. The van der Waals surface area contributed by atoms with Gasteiger partial charge in [-0.1, -0.05) is 23.2 Å².